The van der Waals surface area contributed by atoms with Crippen LogP contribution in [0.5, 0.6) is 5.75 Å². The summed E-state index contributed by atoms with van der Waals surface area (Å²) in [4.78, 5) is 13.5. The Balaban J connectivity index is 1.54. The van der Waals surface area contributed by atoms with Gasteiger partial charge in [0.05, 0.1) is 5.75 Å². The zero-order valence-electron chi connectivity index (χ0n) is 13.5. The van der Waals surface area contributed by atoms with E-state index in [4.69, 9.17) is 0 Å². The molecule has 9 heteroatoms. The standard InChI is InChI=1S/C17H15F2N3O2S2/c18-16(19)24-13-5-3-12(4-6-13)15(23)10-26-17-21-20-11-22(17)8-7-14-2-1-9-25-14/h1-6,9,11,16H,7-8,10H2. The molecule has 2 aromatic heterocycles. The summed E-state index contributed by atoms with van der Waals surface area (Å²) in [5.74, 6) is 0.0937. The Morgan fingerprint density at radius 2 is 2.08 bits per heavy atom. The zero-order chi connectivity index (χ0) is 18.4. The molecule has 0 fully saturated rings. The third-order valence-electron chi connectivity index (χ3n) is 3.49. The molecule has 0 aliphatic carbocycles. The van der Waals surface area contributed by atoms with Gasteiger partial charge in [0.1, 0.15) is 12.1 Å². The number of hydrogen-bond acceptors (Lipinski definition) is 6. The lowest BCUT2D eigenvalue weighted by molar-refractivity contribution is -0.0498. The Morgan fingerprint density at radius 3 is 2.77 bits per heavy atom. The van der Waals surface area contributed by atoms with Crippen LogP contribution in [0, 0.1) is 0 Å². The molecular formula is C17H15F2N3O2S2. The maximum Gasteiger partial charge on any atom is 0.387 e. The topological polar surface area (TPSA) is 57.0 Å². The van der Waals surface area contributed by atoms with Gasteiger partial charge in [0.2, 0.25) is 0 Å². The first-order chi connectivity index (χ1) is 12.6. The number of carbonyl (C=O) groups excluding carboxylic acids is 1. The zero-order valence-corrected chi connectivity index (χ0v) is 15.2. The van der Waals surface area contributed by atoms with Crippen LogP contribution in [0.25, 0.3) is 0 Å². The molecule has 5 nitrogen and oxygen atoms in total. The first-order valence-corrected chi connectivity index (χ1v) is 9.59. The molecule has 0 spiro atoms. The normalized spacial score (nSPS) is 11.0. The van der Waals surface area contributed by atoms with Gasteiger partial charge in [0.15, 0.2) is 10.9 Å². The Morgan fingerprint density at radius 1 is 1.27 bits per heavy atom. The summed E-state index contributed by atoms with van der Waals surface area (Å²) >= 11 is 3.00. The molecule has 2 heterocycles. The summed E-state index contributed by atoms with van der Waals surface area (Å²) in [5, 5.41) is 10.7. The molecule has 0 bridgehead atoms. The van der Waals surface area contributed by atoms with Gasteiger partial charge in [0, 0.05) is 17.0 Å². The second-order valence-electron chi connectivity index (χ2n) is 5.25. The number of benzene rings is 1. The third-order valence-corrected chi connectivity index (χ3v) is 5.41. The number of ketones is 1. The number of hydrogen-bond donors (Lipinski definition) is 0. The minimum Gasteiger partial charge on any atom is -0.435 e. The number of ether oxygens (including phenoxy) is 1. The number of nitrogens with zero attached hydrogens (tertiary/aromatic N) is 3. The number of carbonyl (C=O) groups is 1. The number of Topliss-reactive ketones (excluding diaryl/α,β-unsaturated/α-hetero) is 1. The summed E-state index contributed by atoms with van der Waals surface area (Å²) in [6, 6.07) is 9.75. The van der Waals surface area contributed by atoms with E-state index in [9.17, 15) is 13.6 Å². The van der Waals surface area contributed by atoms with Crippen molar-refractivity contribution in [2.45, 2.75) is 24.7 Å². The Labute approximate surface area is 157 Å². The average molecular weight is 395 g/mol. The highest BCUT2D eigenvalue weighted by Gasteiger charge is 2.12. The fourth-order valence-electron chi connectivity index (χ4n) is 2.23. The van der Waals surface area contributed by atoms with Crippen molar-refractivity contribution in [2.24, 2.45) is 0 Å². The lowest BCUT2D eigenvalue weighted by Gasteiger charge is -2.06. The average Bonchev–Trinajstić information content (AvgIpc) is 3.29. The first kappa shape index (κ1) is 18.5. The highest BCUT2D eigenvalue weighted by Crippen LogP contribution is 2.20. The van der Waals surface area contributed by atoms with E-state index in [0.717, 1.165) is 13.0 Å². The highest BCUT2D eigenvalue weighted by molar-refractivity contribution is 7.99. The maximum absolute atomic E-state index is 12.3. The molecular weight excluding hydrogens is 380 g/mol. The van der Waals surface area contributed by atoms with Gasteiger partial charge in [-0.1, -0.05) is 17.8 Å². The van der Waals surface area contributed by atoms with E-state index in [0.29, 0.717) is 10.7 Å². The number of halogens is 2. The number of aryl methyl sites for hydroxylation is 2. The lowest BCUT2D eigenvalue weighted by atomic mass is 10.1. The monoisotopic (exact) mass is 395 g/mol. The van der Waals surface area contributed by atoms with Gasteiger partial charge in [0.25, 0.3) is 0 Å². The molecule has 0 saturated carbocycles. The van der Waals surface area contributed by atoms with Crippen molar-refractivity contribution < 1.29 is 18.3 Å². The summed E-state index contributed by atoms with van der Waals surface area (Å²) in [6.07, 6.45) is 2.53. The van der Waals surface area contributed by atoms with E-state index in [-0.39, 0.29) is 17.3 Å². The molecule has 0 aliphatic heterocycles. The van der Waals surface area contributed by atoms with Crippen LogP contribution in [0.2, 0.25) is 0 Å². The molecule has 0 N–H and O–H groups in total. The molecule has 3 aromatic rings. The molecule has 3 rings (SSSR count). The van der Waals surface area contributed by atoms with Crippen LogP contribution in [-0.2, 0) is 13.0 Å². The van der Waals surface area contributed by atoms with E-state index in [1.807, 2.05) is 16.0 Å². The van der Waals surface area contributed by atoms with Crippen molar-refractivity contribution in [1.82, 2.24) is 14.8 Å². The molecule has 1 aromatic carbocycles. The van der Waals surface area contributed by atoms with E-state index < -0.39 is 6.61 Å². The van der Waals surface area contributed by atoms with Crippen molar-refractivity contribution in [3.8, 4) is 5.75 Å². The molecule has 0 saturated heterocycles. The number of thiophene rings is 1. The molecule has 0 radical (unpaired) electrons. The fraction of sp³-hybridized carbons (Fsp3) is 0.235. The summed E-state index contributed by atoms with van der Waals surface area (Å²) in [7, 11) is 0. The van der Waals surface area contributed by atoms with Crippen molar-refractivity contribution >= 4 is 28.9 Å². The lowest BCUT2D eigenvalue weighted by Crippen LogP contribution is -2.06. The van der Waals surface area contributed by atoms with Gasteiger partial charge in [-0.15, -0.1) is 21.5 Å². The van der Waals surface area contributed by atoms with Gasteiger partial charge < -0.3 is 9.30 Å². The quantitative estimate of drug-likeness (QED) is 0.402. The molecule has 0 amide bonds. The first-order valence-electron chi connectivity index (χ1n) is 7.73. The molecule has 0 unspecified atom stereocenters. The highest BCUT2D eigenvalue weighted by atomic mass is 32.2. The summed E-state index contributed by atoms with van der Waals surface area (Å²) in [5.41, 5.74) is 0.434. The molecule has 0 atom stereocenters. The van der Waals surface area contributed by atoms with Crippen LogP contribution in [-0.4, -0.2) is 32.9 Å². The number of alkyl halides is 2. The van der Waals surface area contributed by atoms with E-state index in [2.05, 4.69) is 21.0 Å². The second kappa shape index (κ2) is 8.91. The minimum absolute atomic E-state index is 0.0255. The van der Waals surface area contributed by atoms with Crippen molar-refractivity contribution in [2.75, 3.05) is 5.75 Å². The van der Waals surface area contributed by atoms with Crippen LogP contribution in [0.1, 0.15) is 15.2 Å². The van der Waals surface area contributed by atoms with Crippen LogP contribution in [0.4, 0.5) is 8.78 Å². The van der Waals surface area contributed by atoms with E-state index in [1.54, 1.807) is 17.7 Å². The number of thioether (sulfide) groups is 1. The largest absolute Gasteiger partial charge is 0.435 e. The minimum atomic E-state index is -2.88. The number of aromatic nitrogens is 3. The van der Waals surface area contributed by atoms with E-state index >= 15 is 0 Å². The SMILES string of the molecule is O=C(CSc1nncn1CCc1cccs1)c1ccc(OC(F)F)cc1. The van der Waals surface area contributed by atoms with Gasteiger partial charge in [-0.3, -0.25) is 4.79 Å². The van der Waals surface area contributed by atoms with Gasteiger partial charge >= 0.3 is 6.61 Å². The van der Waals surface area contributed by atoms with Crippen molar-refractivity contribution in [1.29, 1.82) is 0 Å². The summed E-state index contributed by atoms with van der Waals surface area (Å²) in [6.45, 7) is -2.14. The molecule has 0 aliphatic rings. The van der Waals surface area contributed by atoms with Crippen LogP contribution in [0.3, 0.4) is 0 Å². The van der Waals surface area contributed by atoms with Crippen LogP contribution >= 0.6 is 23.1 Å². The van der Waals surface area contributed by atoms with Crippen molar-refractivity contribution in [3.63, 3.8) is 0 Å². The Bertz CT molecular complexity index is 836. The Kier molecular flexibility index (Phi) is 6.35. The van der Waals surface area contributed by atoms with Crippen LogP contribution in [0.15, 0.2) is 53.3 Å². The Hall–Kier alpha value is -2.26. The molecule has 26 heavy (non-hydrogen) atoms. The van der Waals surface area contributed by atoms with Gasteiger partial charge in [-0.2, -0.15) is 8.78 Å². The smallest absolute Gasteiger partial charge is 0.387 e. The van der Waals surface area contributed by atoms with Crippen LogP contribution < -0.4 is 4.74 Å². The third kappa shape index (κ3) is 5.12. The molecule has 136 valence electrons. The summed E-state index contributed by atoms with van der Waals surface area (Å²) < 4.78 is 30.5. The van der Waals surface area contributed by atoms with Gasteiger partial charge in [-0.05, 0) is 42.1 Å². The van der Waals surface area contributed by atoms with E-state index in [1.165, 1.54) is 40.9 Å². The predicted molar refractivity (Wildman–Crippen MR) is 96.2 cm³/mol. The fourth-order valence-corrected chi connectivity index (χ4v) is 3.76. The predicted octanol–water partition coefficient (Wildman–Crippen LogP) is 4.16. The second-order valence-corrected chi connectivity index (χ2v) is 7.23. The maximum atomic E-state index is 12.3. The van der Waals surface area contributed by atoms with Crippen molar-refractivity contribution in [3.05, 3.63) is 58.5 Å². The number of rotatable bonds is 9. The van der Waals surface area contributed by atoms with Gasteiger partial charge in [-0.25, -0.2) is 0 Å².